The Hall–Kier alpha value is -4.81. The molecule has 0 bridgehead atoms. The molecule has 2 aromatic carbocycles. The van der Waals surface area contributed by atoms with Crippen molar-refractivity contribution in [1.82, 2.24) is 15.0 Å². The number of carbonyl (C=O) groups excluding carboxylic acids is 1. The largest absolute Gasteiger partial charge is 0.490 e. The van der Waals surface area contributed by atoms with Gasteiger partial charge in [0.05, 0.1) is 23.3 Å². The van der Waals surface area contributed by atoms with Crippen molar-refractivity contribution in [3.8, 4) is 11.5 Å². The fourth-order valence-corrected chi connectivity index (χ4v) is 5.14. The summed E-state index contributed by atoms with van der Waals surface area (Å²) in [5, 5.41) is 15.5. The second-order valence-corrected chi connectivity index (χ2v) is 10.5. The van der Waals surface area contributed by atoms with Crippen LogP contribution in [0, 0.1) is 17.0 Å². The number of ether oxygens (including phenoxy) is 2. The summed E-state index contributed by atoms with van der Waals surface area (Å²) in [5.74, 6) is 1.65. The zero-order valence-corrected chi connectivity index (χ0v) is 24.5. The van der Waals surface area contributed by atoms with Crippen LogP contribution in [0.1, 0.15) is 66.9 Å². The maximum absolute atomic E-state index is 12.8. The van der Waals surface area contributed by atoms with E-state index < -0.39 is 10.9 Å². The number of nitro groups is 1. The molecule has 0 radical (unpaired) electrons. The molecule has 3 aromatic rings. The predicted octanol–water partition coefficient (Wildman–Crippen LogP) is 5.13. The van der Waals surface area contributed by atoms with Gasteiger partial charge in [-0.1, -0.05) is 0 Å². The lowest BCUT2D eigenvalue weighted by molar-refractivity contribution is -0.385. The standard InChI is InChI=1S/C30H36N8O5/c1-3-42-26-19-22(10-13-25(26)43-27(39)23-11-12-24(38(40)41)21(2)18-23)20-31-35-28-32-29(36-14-6-4-7-15-36)34-30(33-28)37-16-8-5-9-17-37/h10-13,18-20H,3-9,14-17H2,1-2H3,(H,32,33,34,35)/b31-20-. The van der Waals surface area contributed by atoms with Gasteiger partial charge in [-0.25, -0.2) is 10.2 Å². The summed E-state index contributed by atoms with van der Waals surface area (Å²) in [7, 11) is 0. The minimum Gasteiger partial charge on any atom is -0.490 e. The number of nitrogens with zero attached hydrogens (tertiary/aromatic N) is 7. The Morgan fingerprint density at radius 2 is 1.60 bits per heavy atom. The molecule has 2 aliphatic rings. The third kappa shape index (κ3) is 7.53. The number of nitrogens with one attached hydrogen (secondary N) is 1. The Kier molecular flexibility index (Phi) is 9.59. The normalized spacial score (nSPS) is 15.4. The van der Waals surface area contributed by atoms with Crippen molar-refractivity contribution in [2.45, 2.75) is 52.4 Å². The van der Waals surface area contributed by atoms with Crippen LogP contribution in [-0.4, -0.2) is 64.8 Å². The molecule has 2 saturated heterocycles. The number of anilines is 3. The van der Waals surface area contributed by atoms with Crippen molar-refractivity contribution >= 4 is 35.7 Å². The van der Waals surface area contributed by atoms with E-state index in [0.29, 0.717) is 41.3 Å². The third-order valence-corrected chi connectivity index (χ3v) is 7.37. The number of benzene rings is 2. The molecule has 0 aliphatic carbocycles. The van der Waals surface area contributed by atoms with Crippen LogP contribution in [-0.2, 0) is 0 Å². The summed E-state index contributed by atoms with van der Waals surface area (Å²) < 4.78 is 11.3. The van der Waals surface area contributed by atoms with Crippen LogP contribution in [0.3, 0.4) is 0 Å². The molecule has 0 saturated carbocycles. The maximum Gasteiger partial charge on any atom is 0.343 e. The number of piperidine rings is 2. The van der Waals surface area contributed by atoms with Crippen molar-refractivity contribution in [2.24, 2.45) is 5.10 Å². The summed E-state index contributed by atoms with van der Waals surface area (Å²) in [6.45, 7) is 7.45. The van der Waals surface area contributed by atoms with E-state index in [2.05, 4.69) is 30.3 Å². The quantitative estimate of drug-likeness (QED) is 0.110. The van der Waals surface area contributed by atoms with Crippen LogP contribution in [0.2, 0.25) is 0 Å². The van der Waals surface area contributed by atoms with E-state index in [4.69, 9.17) is 14.5 Å². The zero-order chi connectivity index (χ0) is 30.2. The van der Waals surface area contributed by atoms with E-state index in [1.165, 1.54) is 31.0 Å². The fourth-order valence-electron chi connectivity index (χ4n) is 5.14. The first kappa shape index (κ1) is 29.7. The first-order chi connectivity index (χ1) is 20.9. The van der Waals surface area contributed by atoms with Gasteiger partial charge in [-0.05, 0) is 88.3 Å². The van der Waals surface area contributed by atoms with Crippen molar-refractivity contribution in [3.63, 3.8) is 0 Å². The van der Waals surface area contributed by atoms with Gasteiger partial charge in [0.2, 0.25) is 17.8 Å². The van der Waals surface area contributed by atoms with E-state index >= 15 is 0 Å². The minimum atomic E-state index is -0.647. The van der Waals surface area contributed by atoms with Crippen LogP contribution in [0.25, 0.3) is 0 Å². The Morgan fingerprint density at radius 1 is 0.953 bits per heavy atom. The number of aryl methyl sites for hydroxylation is 1. The molecule has 226 valence electrons. The first-order valence-electron chi connectivity index (χ1n) is 14.7. The lowest BCUT2D eigenvalue weighted by atomic mass is 10.1. The minimum absolute atomic E-state index is 0.0635. The molecule has 0 spiro atoms. The molecule has 0 unspecified atom stereocenters. The number of hydrogen-bond donors (Lipinski definition) is 1. The number of hydrogen-bond acceptors (Lipinski definition) is 12. The summed E-state index contributed by atoms with van der Waals surface area (Å²) in [5.41, 5.74) is 4.17. The Balaban J connectivity index is 1.31. The molecule has 1 aromatic heterocycles. The van der Waals surface area contributed by atoms with Crippen molar-refractivity contribution < 1.29 is 19.2 Å². The average molecular weight is 589 g/mol. The van der Waals surface area contributed by atoms with Gasteiger partial charge in [0.1, 0.15) is 0 Å². The predicted molar refractivity (Wildman–Crippen MR) is 164 cm³/mol. The number of aromatic nitrogens is 3. The van der Waals surface area contributed by atoms with Gasteiger partial charge in [-0.3, -0.25) is 10.1 Å². The SMILES string of the molecule is CCOc1cc(/C=N\Nc2nc(N3CCCCC3)nc(N3CCCCC3)n2)ccc1OC(=O)c1ccc([N+](=O)[O-])c(C)c1. The molecule has 0 amide bonds. The van der Waals surface area contributed by atoms with Crippen molar-refractivity contribution in [1.29, 1.82) is 0 Å². The first-order valence-corrected chi connectivity index (χ1v) is 14.7. The molecule has 13 nitrogen and oxygen atoms in total. The van der Waals surface area contributed by atoms with Gasteiger partial charge in [0, 0.05) is 37.8 Å². The van der Waals surface area contributed by atoms with E-state index in [9.17, 15) is 14.9 Å². The topological polar surface area (TPSA) is 148 Å². The maximum atomic E-state index is 12.8. The van der Waals surface area contributed by atoms with Gasteiger partial charge in [0.25, 0.3) is 5.69 Å². The fraction of sp³-hybridized carbons (Fsp3) is 0.433. The average Bonchev–Trinajstić information content (AvgIpc) is 3.03. The smallest absolute Gasteiger partial charge is 0.343 e. The summed E-state index contributed by atoms with van der Waals surface area (Å²) in [6.07, 6.45) is 8.51. The van der Waals surface area contributed by atoms with E-state index in [1.807, 2.05) is 6.92 Å². The van der Waals surface area contributed by atoms with Crippen LogP contribution in [0.5, 0.6) is 11.5 Å². The summed E-state index contributed by atoms with van der Waals surface area (Å²) in [4.78, 5) is 41.9. The summed E-state index contributed by atoms with van der Waals surface area (Å²) in [6, 6.07) is 9.16. The third-order valence-electron chi connectivity index (χ3n) is 7.37. The molecule has 1 N–H and O–H groups in total. The lowest BCUT2D eigenvalue weighted by Crippen LogP contribution is -2.34. The van der Waals surface area contributed by atoms with Gasteiger partial charge in [-0.15, -0.1) is 0 Å². The van der Waals surface area contributed by atoms with Gasteiger partial charge in [-0.2, -0.15) is 20.1 Å². The lowest BCUT2D eigenvalue weighted by Gasteiger charge is -2.30. The monoisotopic (exact) mass is 588 g/mol. The van der Waals surface area contributed by atoms with E-state index in [1.54, 1.807) is 31.3 Å². The number of esters is 1. The van der Waals surface area contributed by atoms with Crippen LogP contribution < -0.4 is 24.7 Å². The summed E-state index contributed by atoms with van der Waals surface area (Å²) >= 11 is 0. The van der Waals surface area contributed by atoms with E-state index in [-0.39, 0.29) is 17.0 Å². The Bertz CT molecular complexity index is 1450. The Morgan fingerprint density at radius 3 is 2.19 bits per heavy atom. The van der Waals surface area contributed by atoms with Crippen LogP contribution in [0.4, 0.5) is 23.5 Å². The van der Waals surface area contributed by atoms with Crippen LogP contribution in [0.15, 0.2) is 41.5 Å². The second-order valence-electron chi connectivity index (χ2n) is 10.5. The molecule has 13 heteroatoms. The number of nitro benzene ring substituents is 1. The highest BCUT2D eigenvalue weighted by molar-refractivity contribution is 5.92. The second kappa shape index (κ2) is 13.9. The molecule has 2 fully saturated rings. The highest BCUT2D eigenvalue weighted by atomic mass is 16.6. The van der Waals surface area contributed by atoms with Crippen LogP contribution >= 0.6 is 0 Å². The van der Waals surface area contributed by atoms with Crippen molar-refractivity contribution in [2.75, 3.05) is 48.0 Å². The number of rotatable bonds is 10. The van der Waals surface area contributed by atoms with Gasteiger partial charge in [0.15, 0.2) is 11.5 Å². The molecule has 2 aliphatic heterocycles. The number of hydrazone groups is 1. The molecule has 5 rings (SSSR count). The molecular formula is C30H36N8O5. The van der Waals surface area contributed by atoms with Gasteiger partial charge >= 0.3 is 5.97 Å². The molecule has 43 heavy (non-hydrogen) atoms. The zero-order valence-electron chi connectivity index (χ0n) is 24.5. The van der Waals surface area contributed by atoms with Gasteiger partial charge < -0.3 is 19.3 Å². The molecule has 3 heterocycles. The molecule has 0 atom stereocenters. The van der Waals surface area contributed by atoms with E-state index in [0.717, 1.165) is 51.9 Å². The highest BCUT2D eigenvalue weighted by Crippen LogP contribution is 2.30. The Labute approximate surface area is 250 Å². The highest BCUT2D eigenvalue weighted by Gasteiger charge is 2.21. The van der Waals surface area contributed by atoms with Crippen molar-refractivity contribution in [3.05, 3.63) is 63.2 Å². The number of carbonyl (C=O) groups is 1. The molecular weight excluding hydrogens is 552 g/mol.